The minimum atomic E-state index is -3.46. The van der Waals surface area contributed by atoms with Crippen LogP contribution in [0.5, 0.6) is 0 Å². The number of hydrogen-bond donors (Lipinski definition) is 1. The van der Waals surface area contributed by atoms with E-state index in [0.717, 1.165) is 12.0 Å². The van der Waals surface area contributed by atoms with Crippen LogP contribution in [0.3, 0.4) is 0 Å². The highest BCUT2D eigenvalue weighted by atomic mass is 32.2. The molecule has 0 aliphatic carbocycles. The highest BCUT2D eigenvalue weighted by molar-refractivity contribution is 7.89. The molecular formula is C13H20N2O3S. The number of benzene rings is 1. The normalized spacial score (nSPS) is 21.5. The molecule has 19 heavy (non-hydrogen) atoms. The van der Waals surface area contributed by atoms with Crippen molar-refractivity contribution < 1.29 is 13.2 Å². The Morgan fingerprint density at radius 3 is 2.95 bits per heavy atom. The lowest BCUT2D eigenvalue weighted by Crippen LogP contribution is -2.48. The molecule has 1 aromatic rings. The molecule has 1 atom stereocenters. The van der Waals surface area contributed by atoms with Crippen molar-refractivity contribution in [3.8, 4) is 0 Å². The SMILES string of the molecule is CCC1COCCN1S(=O)(=O)c1cccc(CN)c1. The van der Waals surface area contributed by atoms with Crippen molar-refractivity contribution >= 4 is 10.0 Å². The lowest BCUT2D eigenvalue weighted by Gasteiger charge is -2.34. The van der Waals surface area contributed by atoms with Crippen LogP contribution in [-0.2, 0) is 21.3 Å². The molecule has 0 spiro atoms. The Kier molecular flexibility index (Phi) is 4.57. The van der Waals surface area contributed by atoms with Gasteiger partial charge in [-0.3, -0.25) is 0 Å². The van der Waals surface area contributed by atoms with Crippen molar-refractivity contribution in [2.24, 2.45) is 5.73 Å². The molecule has 1 saturated heterocycles. The molecule has 0 amide bonds. The van der Waals surface area contributed by atoms with E-state index in [4.69, 9.17) is 10.5 Å². The Morgan fingerprint density at radius 1 is 1.47 bits per heavy atom. The largest absolute Gasteiger partial charge is 0.378 e. The molecular weight excluding hydrogens is 264 g/mol. The fourth-order valence-electron chi connectivity index (χ4n) is 2.25. The van der Waals surface area contributed by atoms with Crippen molar-refractivity contribution in [3.63, 3.8) is 0 Å². The predicted octanol–water partition coefficient (Wildman–Crippen LogP) is 0.945. The van der Waals surface area contributed by atoms with Gasteiger partial charge in [0, 0.05) is 19.1 Å². The zero-order chi connectivity index (χ0) is 13.9. The second-order valence-corrected chi connectivity index (χ2v) is 6.49. The second kappa shape index (κ2) is 6.00. The van der Waals surface area contributed by atoms with E-state index in [1.165, 1.54) is 0 Å². The summed E-state index contributed by atoms with van der Waals surface area (Å²) in [7, 11) is -3.46. The van der Waals surface area contributed by atoms with Crippen molar-refractivity contribution in [1.82, 2.24) is 4.31 Å². The third kappa shape index (κ3) is 2.97. The number of ether oxygens (including phenoxy) is 1. The highest BCUT2D eigenvalue weighted by Gasteiger charge is 2.32. The van der Waals surface area contributed by atoms with Gasteiger partial charge in [-0.1, -0.05) is 19.1 Å². The molecule has 6 heteroatoms. The molecule has 1 aliphatic heterocycles. The fourth-order valence-corrected chi connectivity index (χ4v) is 3.98. The molecule has 1 aliphatic rings. The van der Waals surface area contributed by atoms with Crippen LogP contribution >= 0.6 is 0 Å². The van der Waals surface area contributed by atoms with Gasteiger partial charge < -0.3 is 10.5 Å². The number of hydrogen-bond acceptors (Lipinski definition) is 4. The van der Waals surface area contributed by atoms with E-state index in [1.54, 1.807) is 22.5 Å². The van der Waals surface area contributed by atoms with Crippen molar-refractivity contribution in [2.75, 3.05) is 19.8 Å². The lowest BCUT2D eigenvalue weighted by atomic mass is 10.2. The molecule has 0 saturated carbocycles. The Bertz CT molecular complexity index is 530. The second-order valence-electron chi connectivity index (χ2n) is 4.60. The molecule has 5 nitrogen and oxygen atoms in total. The maximum Gasteiger partial charge on any atom is 0.243 e. The number of nitrogens with two attached hydrogens (primary N) is 1. The van der Waals surface area contributed by atoms with Crippen LogP contribution < -0.4 is 5.73 Å². The summed E-state index contributed by atoms with van der Waals surface area (Å²) < 4.78 is 32.2. The third-order valence-electron chi connectivity index (χ3n) is 3.39. The molecule has 1 aromatic carbocycles. The Hall–Kier alpha value is -0.950. The summed E-state index contributed by atoms with van der Waals surface area (Å²) in [5.74, 6) is 0. The van der Waals surface area contributed by atoms with Crippen molar-refractivity contribution in [1.29, 1.82) is 0 Å². The first-order valence-electron chi connectivity index (χ1n) is 6.48. The van der Waals surface area contributed by atoms with Crippen LogP contribution in [0.2, 0.25) is 0 Å². The summed E-state index contributed by atoms with van der Waals surface area (Å²) >= 11 is 0. The molecule has 2 N–H and O–H groups in total. The summed E-state index contributed by atoms with van der Waals surface area (Å²) in [5.41, 5.74) is 6.39. The summed E-state index contributed by atoms with van der Waals surface area (Å²) in [5, 5.41) is 0. The van der Waals surface area contributed by atoms with Crippen molar-refractivity contribution in [2.45, 2.75) is 30.8 Å². The molecule has 1 heterocycles. The van der Waals surface area contributed by atoms with E-state index >= 15 is 0 Å². The van der Waals surface area contributed by atoms with Crippen LogP contribution in [-0.4, -0.2) is 38.5 Å². The highest BCUT2D eigenvalue weighted by Crippen LogP contribution is 2.22. The van der Waals surface area contributed by atoms with Gasteiger partial charge in [-0.2, -0.15) is 4.31 Å². The van der Waals surface area contributed by atoms with Crippen LogP contribution in [0, 0.1) is 0 Å². The topological polar surface area (TPSA) is 72.6 Å². The molecule has 1 fully saturated rings. The van der Waals surface area contributed by atoms with E-state index in [1.807, 2.05) is 13.0 Å². The van der Waals surface area contributed by atoms with Crippen LogP contribution in [0.1, 0.15) is 18.9 Å². The smallest absolute Gasteiger partial charge is 0.243 e. The van der Waals surface area contributed by atoms with E-state index in [-0.39, 0.29) is 6.04 Å². The van der Waals surface area contributed by atoms with Gasteiger partial charge in [0.15, 0.2) is 0 Å². The van der Waals surface area contributed by atoms with Crippen molar-refractivity contribution in [3.05, 3.63) is 29.8 Å². The molecule has 0 radical (unpaired) electrons. The van der Waals surface area contributed by atoms with Crippen LogP contribution in [0.25, 0.3) is 0 Å². The first-order valence-corrected chi connectivity index (χ1v) is 7.92. The Balaban J connectivity index is 2.34. The van der Waals surface area contributed by atoms with Crippen LogP contribution in [0.4, 0.5) is 0 Å². The van der Waals surface area contributed by atoms with E-state index in [2.05, 4.69) is 0 Å². The molecule has 2 rings (SSSR count). The predicted molar refractivity (Wildman–Crippen MR) is 73.1 cm³/mol. The first-order chi connectivity index (χ1) is 9.09. The fraction of sp³-hybridized carbons (Fsp3) is 0.538. The quantitative estimate of drug-likeness (QED) is 0.893. The van der Waals surface area contributed by atoms with Gasteiger partial charge in [-0.25, -0.2) is 8.42 Å². The zero-order valence-corrected chi connectivity index (χ0v) is 11.9. The first kappa shape index (κ1) is 14.5. The van der Waals surface area contributed by atoms with E-state index in [0.29, 0.717) is 31.2 Å². The van der Waals surface area contributed by atoms with Gasteiger partial charge in [0.25, 0.3) is 0 Å². The lowest BCUT2D eigenvalue weighted by molar-refractivity contribution is 0.0314. The average molecular weight is 284 g/mol. The summed E-state index contributed by atoms with van der Waals surface area (Å²) in [6, 6.07) is 6.75. The minimum Gasteiger partial charge on any atom is -0.378 e. The third-order valence-corrected chi connectivity index (χ3v) is 5.33. The van der Waals surface area contributed by atoms with E-state index < -0.39 is 10.0 Å². The maximum absolute atomic E-state index is 12.7. The molecule has 0 bridgehead atoms. The van der Waals surface area contributed by atoms with Gasteiger partial charge in [-0.15, -0.1) is 0 Å². The summed E-state index contributed by atoms with van der Waals surface area (Å²) in [6.07, 6.45) is 0.746. The number of rotatable bonds is 4. The molecule has 106 valence electrons. The molecule has 1 unspecified atom stereocenters. The standard InChI is InChI=1S/C13H20N2O3S/c1-2-12-10-18-7-6-15(12)19(16,17)13-5-3-4-11(8-13)9-14/h3-5,8,12H,2,6-7,9-10,14H2,1H3. The number of morpholine rings is 1. The molecule has 0 aromatic heterocycles. The average Bonchev–Trinajstić information content (AvgIpc) is 2.47. The Labute approximate surface area is 114 Å². The van der Waals surface area contributed by atoms with Gasteiger partial charge in [0.2, 0.25) is 10.0 Å². The van der Waals surface area contributed by atoms with Crippen LogP contribution in [0.15, 0.2) is 29.2 Å². The minimum absolute atomic E-state index is 0.0831. The number of nitrogens with zero attached hydrogens (tertiary/aromatic N) is 1. The summed E-state index contributed by atoms with van der Waals surface area (Å²) in [6.45, 7) is 3.63. The summed E-state index contributed by atoms with van der Waals surface area (Å²) in [4.78, 5) is 0.316. The Morgan fingerprint density at radius 2 is 2.26 bits per heavy atom. The van der Waals surface area contributed by atoms with Gasteiger partial charge in [0.1, 0.15) is 0 Å². The maximum atomic E-state index is 12.7. The van der Waals surface area contributed by atoms with Gasteiger partial charge >= 0.3 is 0 Å². The monoisotopic (exact) mass is 284 g/mol. The van der Waals surface area contributed by atoms with E-state index in [9.17, 15) is 8.42 Å². The zero-order valence-electron chi connectivity index (χ0n) is 11.1. The van der Waals surface area contributed by atoms with Gasteiger partial charge in [0.05, 0.1) is 18.1 Å². The number of sulfonamides is 1. The van der Waals surface area contributed by atoms with Gasteiger partial charge in [-0.05, 0) is 24.1 Å².